The highest BCUT2D eigenvalue weighted by Gasteiger charge is 2.24. The average Bonchev–Trinajstić information content (AvgIpc) is 3.02. The third-order valence-corrected chi connectivity index (χ3v) is 5.29. The molecule has 2 aromatic rings. The molecule has 6 heteroatoms. The van der Waals surface area contributed by atoms with Crippen molar-refractivity contribution in [3.8, 4) is 21.4 Å². The Kier molecular flexibility index (Phi) is 2.53. The second-order valence-electron chi connectivity index (χ2n) is 4.27. The lowest BCUT2D eigenvalue weighted by atomic mass is 10.2. The Balaban J connectivity index is 1.78. The van der Waals surface area contributed by atoms with E-state index in [4.69, 9.17) is 14.5 Å². The summed E-state index contributed by atoms with van der Waals surface area (Å²) in [5.74, 6) is 1.75. The molecule has 0 aromatic carbocycles. The topological polar surface area (TPSA) is 43.4 Å². The SMILES string of the molecule is c1sc(-c2nc3c(s2)CNCC3)c2c1OCCO2. The smallest absolute Gasteiger partial charge is 0.182 e. The van der Waals surface area contributed by atoms with E-state index >= 15 is 0 Å². The Bertz CT molecular complexity index is 567. The van der Waals surface area contributed by atoms with Crippen LogP contribution in [-0.4, -0.2) is 24.7 Å². The Morgan fingerprint density at radius 2 is 2.22 bits per heavy atom. The molecule has 2 aromatic heterocycles. The lowest BCUT2D eigenvalue weighted by Gasteiger charge is -2.15. The maximum Gasteiger partial charge on any atom is 0.182 e. The number of ether oxygens (including phenoxy) is 2. The lowest BCUT2D eigenvalue weighted by Crippen LogP contribution is -2.22. The summed E-state index contributed by atoms with van der Waals surface area (Å²) in [6, 6.07) is 0. The second kappa shape index (κ2) is 4.22. The number of hydrogen-bond donors (Lipinski definition) is 1. The molecule has 4 heterocycles. The van der Waals surface area contributed by atoms with Gasteiger partial charge in [0.05, 0.1) is 5.69 Å². The molecule has 0 bridgehead atoms. The molecule has 2 aliphatic rings. The van der Waals surface area contributed by atoms with E-state index < -0.39 is 0 Å². The van der Waals surface area contributed by atoms with Gasteiger partial charge in [0.1, 0.15) is 23.1 Å². The van der Waals surface area contributed by atoms with Crippen LogP contribution in [0.3, 0.4) is 0 Å². The summed E-state index contributed by atoms with van der Waals surface area (Å²) in [5.41, 5.74) is 1.24. The first-order valence-electron chi connectivity index (χ1n) is 5.98. The molecule has 4 rings (SSSR count). The van der Waals surface area contributed by atoms with Crippen molar-refractivity contribution in [1.29, 1.82) is 0 Å². The van der Waals surface area contributed by atoms with Crippen molar-refractivity contribution in [2.45, 2.75) is 13.0 Å². The van der Waals surface area contributed by atoms with Crippen LogP contribution in [0.15, 0.2) is 5.38 Å². The molecule has 0 spiro atoms. The number of fused-ring (bicyclic) bond motifs is 2. The van der Waals surface area contributed by atoms with Crippen LogP contribution in [0.2, 0.25) is 0 Å². The predicted molar refractivity (Wildman–Crippen MR) is 71.8 cm³/mol. The summed E-state index contributed by atoms with van der Waals surface area (Å²) >= 11 is 3.43. The first-order valence-corrected chi connectivity index (χ1v) is 7.68. The van der Waals surface area contributed by atoms with Gasteiger partial charge in [0.25, 0.3) is 0 Å². The van der Waals surface area contributed by atoms with Gasteiger partial charge in [-0.3, -0.25) is 0 Å². The molecule has 0 saturated carbocycles. The van der Waals surface area contributed by atoms with Gasteiger partial charge < -0.3 is 14.8 Å². The standard InChI is InChI=1S/C12H12N2O2S2/c1-2-13-5-9-7(1)14-12(18-9)11-10-8(6-17-11)15-3-4-16-10/h6,13H,1-5H2. The Morgan fingerprint density at radius 3 is 3.17 bits per heavy atom. The van der Waals surface area contributed by atoms with Gasteiger partial charge in [0.2, 0.25) is 0 Å². The van der Waals surface area contributed by atoms with Crippen molar-refractivity contribution in [2.75, 3.05) is 19.8 Å². The summed E-state index contributed by atoms with van der Waals surface area (Å²) in [4.78, 5) is 7.23. The zero-order valence-corrected chi connectivity index (χ0v) is 11.3. The molecule has 0 saturated heterocycles. The van der Waals surface area contributed by atoms with Crippen LogP contribution in [0.1, 0.15) is 10.6 Å². The summed E-state index contributed by atoms with van der Waals surface area (Å²) < 4.78 is 11.3. The summed E-state index contributed by atoms with van der Waals surface area (Å²) in [6.07, 6.45) is 1.02. The highest BCUT2D eigenvalue weighted by atomic mass is 32.1. The fraction of sp³-hybridized carbons (Fsp3) is 0.417. The maximum absolute atomic E-state index is 5.72. The van der Waals surface area contributed by atoms with Crippen molar-refractivity contribution >= 4 is 22.7 Å². The molecule has 0 fully saturated rings. The summed E-state index contributed by atoms with van der Waals surface area (Å²) in [5, 5.41) is 6.47. The van der Waals surface area contributed by atoms with Gasteiger partial charge in [-0.2, -0.15) is 0 Å². The number of hydrogen-bond acceptors (Lipinski definition) is 6. The van der Waals surface area contributed by atoms with Gasteiger partial charge in [0.15, 0.2) is 11.5 Å². The minimum Gasteiger partial charge on any atom is -0.485 e. The van der Waals surface area contributed by atoms with Crippen LogP contribution >= 0.6 is 22.7 Å². The highest BCUT2D eigenvalue weighted by Crippen LogP contribution is 2.47. The van der Waals surface area contributed by atoms with Crippen LogP contribution in [0.25, 0.3) is 9.88 Å². The van der Waals surface area contributed by atoms with E-state index in [9.17, 15) is 0 Å². The third kappa shape index (κ3) is 1.64. The molecule has 0 radical (unpaired) electrons. The zero-order chi connectivity index (χ0) is 11.9. The third-order valence-electron chi connectivity index (χ3n) is 3.10. The van der Waals surface area contributed by atoms with Gasteiger partial charge in [-0.1, -0.05) is 0 Å². The number of nitrogens with zero attached hydrogens (tertiary/aromatic N) is 1. The Labute approximate surface area is 113 Å². The van der Waals surface area contributed by atoms with Gasteiger partial charge in [-0.15, -0.1) is 22.7 Å². The molecule has 0 amide bonds. The van der Waals surface area contributed by atoms with E-state index in [2.05, 4.69) is 5.32 Å². The van der Waals surface area contributed by atoms with Gasteiger partial charge in [0, 0.05) is 29.8 Å². The quantitative estimate of drug-likeness (QED) is 0.870. The predicted octanol–water partition coefficient (Wildman–Crippen LogP) is 2.29. The number of nitrogens with one attached hydrogen (secondary N) is 1. The molecule has 18 heavy (non-hydrogen) atoms. The highest BCUT2D eigenvalue weighted by molar-refractivity contribution is 7.21. The van der Waals surface area contributed by atoms with E-state index in [1.165, 1.54) is 10.6 Å². The van der Waals surface area contributed by atoms with Crippen molar-refractivity contribution in [3.05, 3.63) is 16.0 Å². The maximum atomic E-state index is 5.72. The number of thiophene rings is 1. The fourth-order valence-electron chi connectivity index (χ4n) is 2.23. The molecule has 4 nitrogen and oxygen atoms in total. The van der Waals surface area contributed by atoms with Crippen molar-refractivity contribution in [3.63, 3.8) is 0 Å². The van der Waals surface area contributed by atoms with Crippen LogP contribution < -0.4 is 14.8 Å². The molecule has 0 atom stereocenters. The molecule has 1 N–H and O–H groups in total. The number of aromatic nitrogens is 1. The molecule has 2 aliphatic heterocycles. The molecule has 0 aliphatic carbocycles. The van der Waals surface area contributed by atoms with E-state index in [0.29, 0.717) is 13.2 Å². The lowest BCUT2D eigenvalue weighted by molar-refractivity contribution is 0.174. The van der Waals surface area contributed by atoms with E-state index in [1.54, 1.807) is 22.7 Å². The minimum absolute atomic E-state index is 0.628. The first-order chi connectivity index (χ1) is 8.92. The summed E-state index contributed by atoms with van der Waals surface area (Å²) in [6.45, 7) is 3.24. The zero-order valence-electron chi connectivity index (χ0n) is 9.69. The van der Waals surface area contributed by atoms with Crippen LogP contribution in [0.4, 0.5) is 0 Å². The second-order valence-corrected chi connectivity index (χ2v) is 6.23. The van der Waals surface area contributed by atoms with Gasteiger partial charge in [-0.25, -0.2) is 4.98 Å². The van der Waals surface area contributed by atoms with Gasteiger partial charge >= 0.3 is 0 Å². The van der Waals surface area contributed by atoms with E-state index in [1.807, 2.05) is 5.38 Å². The Morgan fingerprint density at radius 1 is 1.28 bits per heavy atom. The van der Waals surface area contributed by atoms with Crippen LogP contribution in [-0.2, 0) is 13.0 Å². The van der Waals surface area contributed by atoms with Crippen molar-refractivity contribution in [2.24, 2.45) is 0 Å². The number of thiazole rings is 1. The number of rotatable bonds is 1. The average molecular weight is 280 g/mol. The molecular weight excluding hydrogens is 268 g/mol. The fourth-order valence-corrected chi connectivity index (χ4v) is 4.33. The largest absolute Gasteiger partial charge is 0.485 e. The van der Waals surface area contributed by atoms with Crippen molar-refractivity contribution in [1.82, 2.24) is 10.3 Å². The van der Waals surface area contributed by atoms with E-state index in [0.717, 1.165) is 40.9 Å². The molecule has 0 unspecified atom stereocenters. The van der Waals surface area contributed by atoms with Crippen LogP contribution in [0, 0.1) is 0 Å². The normalized spacial score (nSPS) is 17.6. The van der Waals surface area contributed by atoms with Gasteiger partial charge in [-0.05, 0) is 0 Å². The van der Waals surface area contributed by atoms with E-state index in [-0.39, 0.29) is 0 Å². The van der Waals surface area contributed by atoms with Crippen LogP contribution in [0.5, 0.6) is 11.5 Å². The summed E-state index contributed by atoms with van der Waals surface area (Å²) in [7, 11) is 0. The van der Waals surface area contributed by atoms with Crippen molar-refractivity contribution < 1.29 is 9.47 Å². The Hall–Kier alpha value is -1.11. The molecular formula is C12H12N2O2S2. The monoisotopic (exact) mass is 280 g/mol. The first kappa shape index (κ1) is 10.8. The molecule has 94 valence electrons. The minimum atomic E-state index is 0.628.